The molecule has 0 aliphatic carbocycles. The molecule has 0 amide bonds. The first kappa shape index (κ1) is 19.8. The quantitative estimate of drug-likeness (QED) is 0.523. The fraction of sp³-hybridized carbons (Fsp3) is 0.263. The van der Waals surface area contributed by atoms with E-state index in [9.17, 15) is 18.0 Å². The van der Waals surface area contributed by atoms with Crippen molar-refractivity contribution in [2.45, 2.75) is 24.8 Å². The van der Waals surface area contributed by atoms with Crippen LogP contribution in [0.5, 0.6) is 0 Å². The molecule has 0 aliphatic heterocycles. The normalized spacial score (nSPS) is 11.3. The second-order valence-electron chi connectivity index (χ2n) is 5.73. The number of rotatable bonds is 8. The second kappa shape index (κ2) is 8.73. The van der Waals surface area contributed by atoms with Crippen LogP contribution in [0.15, 0.2) is 59.5 Å². The zero-order valence-corrected chi connectivity index (χ0v) is 15.5. The van der Waals surface area contributed by atoms with Gasteiger partial charge in [-0.3, -0.25) is 9.59 Å². The number of carbonyl (C=O) groups is 2. The molecule has 2 aromatic carbocycles. The first-order valence-corrected chi connectivity index (χ1v) is 9.50. The molecule has 2 aromatic rings. The summed E-state index contributed by atoms with van der Waals surface area (Å²) in [5, 5.41) is 0. The molecule has 0 bridgehead atoms. The van der Waals surface area contributed by atoms with Crippen molar-refractivity contribution in [3.63, 3.8) is 0 Å². The predicted octanol–water partition coefficient (Wildman–Crippen LogP) is 2.64. The van der Waals surface area contributed by atoms with Gasteiger partial charge in [0, 0.05) is 18.7 Å². The van der Waals surface area contributed by atoms with Crippen LogP contribution in [0.2, 0.25) is 0 Å². The monoisotopic (exact) mass is 375 g/mol. The number of ketones is 1. The van der Waals surface area contributed by atoms with Crippen molar-refractivity contribution in [1.82, 2.24) is 4.31 Å². The largest absolute Gasteiger partial charge is 0.469 e. The molecule has 0 N–H and O–H groups in total. The molecule has 0 radical (unpaired) electrons. The van der Waals surface area contributed by atoms with Crippen LogP contribution in [0.1, 0.15) is 29.3 Å². The maximum Gasteiger partial charge on any atom is 0.306 e. The number of methoxy groups -OCH3 is 1. The Hall–Kier alpha value is -2.51. The summed E-state index contributed by atoms with van der Waals surface area (Å²) in [4.78, 5) is 22.9. The molecule has 0 fully saturated rings. The average molecular weight is 375 g/mol. The summed E-state index contributed by atoms with van der Waals surface area (Å²) >= 11 is 0. The summed E-state index contributed by atoms with van der Waals surface area (Å²) in [7, 11) is -2.57. The van der Waals surface area contributed by atoms with Crippen LogP contribution in [0.4, 0.5) is 0 Å². The van der Waals surface area contributed by atoms with E-state index in [1.807, 2.05) is 30.3 Å². The molecule has 0 atom stereocenters. The Balaban J connectivity index is 2.31. The minimum Gasteiger partial charge on any atom is -0.469 e. The van der Waals surface area contributed by atoms with Crippen molar-refractivity contribution in [2.24, 2.45) is 0 Å². The molecule has 0 unspecified atom stereocenters. The van der Waals surface area contributed by atoms with Crippen molar-refractivity contribution in [1.29, 1.82) is 0 Å². The summed E-state index contributed by atoms with van der Waals surface area (Å²) in [5.74, 6) is -0.619. The van der Waals surface area contributed by atoms with E-state index in [0.717, 1.165) is 5.56 Å². The third kappa shape index (κ3) is 5.00. The minimum absolute atomic E-state index is 0.00163. The fourth-order valence-electron chi connectivity index (χ4n) is 2.40. The van der Waals surface area contributed by atoms with Crippen molar-refractivity contribution in [3.8, 4) is 0 Å². The Bertz CT molecular complexity index is 861. The number of ether oxygens (including phenoxy) is 1. The van der Waals surface area contributed by atoms with Crippen LogP contribution >= 0.6 is 0 Å². The minimum atomic E-state index is -3.83. The highest BCUT2D eigenvalue weighted by atomic mass is 32.2. The lowest BCUT2D eigenvalue weighted by Crippen LogP contribution is -2.33. The van der Waals surface area contributed by atoms with Gasteiger partial charge in [0.25, 0.3) is 0 Å². The molecule has 0 saturated heterocycles. The highest BCUT2D eigenvalue weighted by Crippen LogP contribution is 2.20. The maximum atomic E-state index is 13.0. The predicted molar refractivity (Wildman–Crippen MR) is 97.1 cm³/mol. The second-order valence-corrected chi connectivity index (χ2v) is 7.67. The Morgan fingerprint density at radius 1 is 1.00 bits per heavy atom. The summed E-state index contributed by atoms with van der Waals surface area (Å²) in [6, 6.07) is 14.9. The van der Waals surface area contributed by atoms with E-state index in [1.54, 1.807) is 0 Å². The molecular weight excluding hydrogens is 354 g/mol. The third-order valence-corrected chi connectivity index (χ3v) is 5.75. The number of benzene rings is 2. The summed E-state index contributed by atoms with van der Waals surface area (Å²) in [6.07, 6.45) is -0.0475. The molecule has 138 valence electrons. The van der Waals surface area contributed by atoms with E-state index in [2.05, 4.69) is 4.74 Å². The van der Waals surface area contributed by atoms with Gasteiger partial charge in [-0.2, -0.15) is 4.31 Å². The van der Waals surface area contributed by atoms with Crippen molar-refractivity contribution in [3.05, 3.63) is 65.7 Å². The van der Waals surface area contributed by atoms with Crippen LogP contribution in [0.3, 0.4) is 0 Å². The SMILES string of the molecule is COC(=O)CCN(Cc1ccccc1)S(=O)(=O)c1ccc(C(C)=O)cc1. The highest BCUT2D eigenvalue weighted by Gasteiger charge is 2.25. The van der Waals surface area contributed by atoms with Gasteiger partial charge in [-0.05, 0) is 24.6 Å². The zero-order chi connectivity index (χ0) is 19.2. The van der Waals surface area contributed by atoms with Crippen LogP contribution in [-0.2, 0) is 26.1 Å². The van der Waals surface area contributed by atoms with Crippen LogP contribution < -0.4 is 0 Å². The van der Waals surface area contributed by atoms with Gasteiger partial charge in [0.15, 0.2) is 5.78 Å². The number of nitrogens with zero attached hydrogens (tertiary/aromatic N) is 1. The third-order valence-electron chi connectivity index (χ3n) is 3.89. The van der Waals surface area contributed by atoms with Gasteiger partial charge in [0.1, 0.15) is 0 Å². The van der Waals surface area contributed by atoms with Crippen molar-refractivity contribution in [2.75, 3.05) is 13.7 Å². The first-order valence-electron chi connectivity index (χ1n) is 8.06. The summed E-state index contributed by atoms with van der Waals surface area (Å²) < 4.78 is 31.9. The molecular formula is C19H21NO5S. The van der Waals surface area contributed by atoms with Crippen LogP contribution in [-0.4, -0.2) is 38.1 Å². The molecule has 0 saturated carbocycles. The Morgan fingerprint density at radius 2 is 1.62 bits per heavy atom. The highest BCUT2D eigenvalue weighted by molar-refractivity contribution is 7.89. The van der Waals surface area contributed by atoms with Gasteiger partial charge >= 0.3 is 5.97 Å². The fourth-order valence-corrected chi connectivity index (χ4v) is 3.83. The number of hydrogen-bond acceptors (Lipinski definition) is 5. The summed E-state index contributed by atoms with van der Waals surface area (Å²) in [6.45, 7) is 1.55. The molecule has 7 heteroatoms. The van der Waals surface area contributed by atoms with Gasteiger partial charge in [0.05, 0.1) is 18.4 Å². The number of esters is 1. The van der Waals surface area contributed by atoms with E-state index in [0.29, 0.717) is 5.56 Å². The van der Waals surface area contributed by atoms with Gasteiger partial charge in [-0.1, -0.05) is 42.5 Å². The molecule has 0 aliphatic rings. The van der Waals surface area contributed by atoms with E-state index in [4.69, 9.17) is 0 Å². The molecule has 26 heavy (non-hydrogen) atoms. The van der Waals surface area contributed by atoms with Crippen molar-refractivity contribution < 1.29 is 22.7 Å². The van der Waals surface area contributed by atoms with Crippen LogP contribution in [0.25, 0.3) is 0 Å². The Labute approximate surface area is 153 Å². The average Bonchev–Trinajstić information content (AvgIpc) is 2.65. The van der Waals surface area contributed by atoms with Crippen LogP contribution in [0, 0.1) is 0 Å². The van der Waals surface area contributed by atoms with E-state index in [1.165, 1.54) is 42.6 Å². The number of sulfonamides is 1. The summed E-state index contributed by atoms with van der Waals surface area (Å²) in [5.41, 5.74) is 1.24. The number of Topliss-reactive ketones (excluding diaryl/α,β-unsaturated/α-hetero) is 1. The molecule has 2 rings (SSSR count). The number of hydrogen-bond donors (Lipinski definition) is 0. The smallest absolute Gasteiger partial charge is 0.306 e. The maximum absolute atomic E-state index is 13.0. The number of carbonyl (C=O) groups excluding carboxylic acids is 2. The Morgan fingerprint density at radius 3 is 2.15 bits per heavy atom. The lowest BCUT2D eigenvalue weighted by molar-refractivity contribution is -0.140. The van der Waals surface area contributed by atoms with Crippen molar-refractivity contribution >= 4 is 21.8 Å². The molecule has 6 nitrogen and oxygen atoms in total. The van der Waals surface area contributed by atoms with E-state index >= 15 is 0 Å². The lowest BCUT2D eigenvalue weighted by Gasteiger charge is -2.22. The van der Waals surface area contributed by atoms with Gasteiger partial charge in [-0.25, -0.2) is 8.42 Å². The van der Waals surface area contributed by atoms with Gasteiger partial charge in [-0.15, -0.1) is 0 Å². The van der Waals surface area contributed by atoms with E-state index < -0.39 is 16.0 Å². The molecule has 0 heterocycles. The zero-order valence-electron chi connectivity index (χ0n) is 14.7. The lowest BCUT2D eigenvalue weighted by atomic mass is 10.2. The van der Waals surface area contributed by atoms with Gasteiger partial charge in [0.2, 0.25) is 10.0 Å². The first-order chi connectivity index (χ1) is 12.3. The standard InChI is InChI=1S/C19H21NO5S/c1-15(21)17-8-10-18(11-9-17)26(23,24)20(13-12-19(22)25-2)14-16-6-4-3-5-7-16/h3-11H,12-14H2,1-2H3. The Kier molecular flexibility index (Phi) is 6.65. The molecule has 0 aromatic heterocycles. The molecule has 0 spiro atoms. The van der Waals surface area contributed by atoms with Gasteiger partial charge < -0.3 is 4.74 Å². The topological polar surface area (TPSA) is 80.8 Å². The van der Waals surface area contributed by atoms with E-state index in [-0.39, 0.29) is 30.2 Å².